The van der Waals surface area contributed by atoms with Gasteiger partial charge in [0.15, 0.2) is 0 Å². The molecule has 3 rings (SSSR count). The number of carboxylic acids is 1. The van der Waals surface area contributed by atoms with Crippen LogP contribution in [0.1, 0.15) is 17.5 Å². The quantitative estimate of drug-likeness (QED) is 0.169. The van der Waals surface area contributed by atoms with Gasteiger partial charge in [0.1, 0.15) is 23.9 Å². The van der Waals surface area contributed by atoms with Gasteiger partial charge in [-0.1, -0.05) is 35.3 Å². The van der Waals surface area contributed by atoms with Gasteiger partial charge in [0.2, 0.25) is 0 Å². The summed E-state index contributed by atoms with van der Waals surface area (Å²) in [5.74, 6) is -0.287. The fraction of sp³-hybridized carbons (Fsp3) is 0.185. The summed E-state index contributed by atoms with van der Waals surface area (Å²) in [5, 5.41) is 15.6. The van der Waals surface area contributed by atoms with E-state index >= 15 is 0 Å². The summed E-state index contributed by atoms with van der Waals surface area (Å²) in [6.07, 6.45) is -3.31. The van der Waals surface area contributed by atoms with Crippen molar-refractivity contribution in [2.45, 2.75) is 12.8 Å². The summed E-state index contributed by atoms with van der Waals surface area (Å²) in [7, 11) is 1.58. The second-order valence-corrected chi connectivity index (χ2v) is 8.88. The third kappa shape index (κ3) is 10.1. The Labute approximate surface area is 232 Å². The molecule has 0 spiro atoms. The Kier molecular flexibility index (Phi) is 10.5. The highest BCUT2D eigenvalue weighted by Gasteiger charge is 2.31. The molecule has 3 aromatic carbocycles. The Morgan fingerprint density at radius 1 is 1.00 bits per heavy atom. The van der Waals surface area contributed by atoms with Crippen LogP contribution in [0, 0.1) is 0 Å². The number of aliphatic carboxylic acids is 1. The smallest absolute Gasteiger partial charge is 0.489 e. The van der Waals surface area contributed by atoms with Gasteiger partial charge < -0.3 is 25.2 Å². The number of aliphatic imine (C=N–C) groups is 1. The molecule has 0 aromatic heterocycles. The van der Waals surface area contributed by atoms with Crippen LogP contribution in [0.3, 0.4) is 0 Å². The molecule has 12 heteroatoms. The minimum atomic E-state index is -4.83. The Balaban J connectivity index is 1.79. The van der Waals surface area contributed by atoms with Crippen molar-refractivity contribution >= 4 is 46.3 Å². The maximum Gasteiger partial charge on any atom is 0.573 e. The maximum absolute atomic E-state index is 12.8. The van der Waals surface area contributed by atoms with Crippen LogP contribution in [0.5, 0.6) is 11.5 Å². The van der Waals surface area contributed by atoms with Crippen molar-refractivity contribution in [3.8, 4) is 11.5 Å². The number of hydrogen-bond donors (Lipinski definition) is 3. The molecule has 0 bridgehead atoms. The van der Waals surface area contributed by atoms with Gasteiger partial charge in [-0.05, 0) is 60.2 Å². The van der Waals surface area contributed by atoms with Crippen LogP contribution in [-0.4, -0.2) is 43.5 Å². The maximum atomic E-state index is 12.8. The number of hydrogen-bond acceptors (Lipinski definition) is 5. The zero-order valence-electron chi connectivity index (χ0n) is 20.6. The van der Waals surface area contributed by atoms with Crippen molar-refractivity contribution in [3.63, 3.8) is 0 Å². The van der Waals surface area contributed by atoms with Crippen LogP contribution < -0.4 is 20.1 Å². The summed E-state index contributed by atoms with van der Waals surface area (Å²) < 4.78 is 48.3. The molecule has 0 heterocycles. The molecule has 0 saturated carbocycles. The van der Waals surface area contributed by atoms with Gasteiger partial charge in [-0.15, -0.1) is 13.2 Å². The number of amidine groups is 1. The van der Waals surface area contributed by atoms with E-state index in [0.29, 0.717) is 38.5 Å². The standard InChI is InChI=1S/C27H24Cl2F3N3O4/c1-33-26(34-10-9-25(36)37)17-5-7-23(8-6-17)38-16-19(15-35-22-13-20(28)12-21(29)14-22)18-3-2-4-24(11-18)39-27(30,31)32/h2-8,11-15,35H,9-10,16H2,1H3,(H,33,34)(H,36,37)/b19-15+. The molecule has 3 aromatic rings. The molecule has 0 radical (unpaired) electrons. The predicted molar refractivity (Wildman–Crippen MR) is 146 cm³/mol. The molecule has 0 amide bonds. The molecular formula is C27H24Cl2F3N3O4. The normalized spacial score (nSPS) is 12.2. The van der Waals surface area contributed by atoms with E-state index in [-0.39, 0.29) is 25.3 Å². The van der Waals surface area contributed by atoms with Crippen molar-refractivity contribution < 1.29 is 32.5 Å². The van der Waals surface area contributed by atoms with E-state index in [1.807, 2.05) is 0 Å². The molecule has 39 heavy (non-hydrogen) atoms. The van der Waals surface area contributed by atoms with E-state index in [2.05, 4.69) is 20.4 Å². The van der Waals surface area contributed by atoms with E-state index in [4.69, 9.17) is 33.0 Å². The minimum Gasteiger partial charge on any atom is -0.489 e. The highest BCUT2D eigenvalue weighted by molar-refractivity contribution is 6.35. The van der Waals surface area contributed by atoms with Crippen molar-refractivity contribution in [1.82, 2.24) is 5.32 Å². The van der Waals surface area contributed by atoms with Crippen LogP contribution in [0.15, 0.2) is 77.9 Å². The molecule has 7 nitrogen and oxygen atoms in total. The Morgan fingerprint density at radius 3 is 2.31 bits per heavy atom. The lowest BCUT2D eigenvalue weighted by molar-refractivity contribution is -0.274. The fourth-order valence-electron chi connectivity index (χ4n) is 3.38. The summed E-state index contributed by atoms with van der Waals surface area (Å²) in [6.45, 7) is 0.206. The van der Waals surface area contributed by atoms with Gasteiger partial charge >= 0.3 is 12.3 Å². The average Bonchev–Trinajstić information content (AvgIpc) is 2.85. The number of ether oxygens (including phenoxy) is 2. The van der Waals surface area contributed by atoms with E-state index in [0.717, 1.165) is 5.56 Å². The fourth-order valence-corrected chi connectivity index (χ4v) is 3.90. The monoisotopic (exact) mass is 581 g/mol. The first-order chi connectivity index (χ1) is 18.5. The van der Waals surface area contributed by atoms with Crippen molar-refractivity contribution in [1.29, 1.82) is 0 Å². The second kappa shape index (κ2) is 13.8. The van der Waals surface area contributed by atoms with Crippen LogP contribution in [0.25, 0.3) is 5.57 Å². The third-order valence-corrected chi connectivity index (χ3v) is 5.53. The topological polar surface area (TPSA) is 92.2 Å². The largest absolute Gasteiger partial charge is 0.573 e. The number of carbonyl (C=O) groups is 1. The van der Waals surface area contributed by atoms with Crippen LogP contribution >= 0.6 is 23.2 Å². The van der Waals surface area contributed by atoms with E-state index in [1.54, 1.807) is 61.8 Å². The lowest BCUT2D eigenvalue weighted by Gasteiger charge is -2.14. The van der Waals surface area contributed by atoms with E-state index < -0.39 is 12.3 Å². The number of anilines is 1. The van der Waals surface area contributed by atoms with Crippen LogP contribution in [0.4, 0.5) is 18.9 Å². The molecule has 0 atom stereocenters. The number of nitrogens with zero attached hydrogens (tertiary/aromatic N) is 1. The molecule has 0 aliphatic rings. The summed E-state index contributed by atoms with van der Waals surface area (Å²) in [4.78, 5) is 14.9. The Bertz CT molecular complexity index is 1330. The van der Waals surface area contributed by atoms with Crippen LogP contribution in [-0.2, 0) is 4.79 Å². The SMILES string of the molecule is CN=C(NCCC(=O)O)c1ccc(OC/C(=C\Nc2cc(Cl)cc(Cl)c2)c2cccc(OC(F)(F)F)c2)cc1. The highest BCUT2D eigenvalue weighted by Crippen LogP contribution is 2.28. The first kappa shape index (κ1) is 29.7. The third-order valence-electron chi connectivity index (χ3n) is 5.09. The number of rotatable bonds is 11. The first-order valence-electron chi connectivity index (χ1n) is 11.5. The van der Waals surface area contributed by atoms with Gasteiger partial charge in [0.05, 0.1) is 6.42 Å². The average molecular weight is 582 g/mol. The van der Waals surface area contributed by atoms with E-state index in [9.17, 15) is 18.0 Å². The summed E-state index contributed by atoms with van der Waals surface area (Å²) >= 11 is 12.1. The number of benzene rings is 3. The number of halogens is 5. The molecular weight excluding hydrogens is 558 g/mol. The zero-order valence-corrected chi connectivity index (χ0v) is 22.1. The van der Waals surface area contributed by atoms with Crippen molar-refractivity contribution in [2.75, 3.05) is 25.5 Å². The number of carboxylic acid groups (broad SMARTS) is 1. The predicted octanol–water partition coefficient (Wildman–Crippen LogP) is 6.86. The summed E-state index contributed by atoms with van der Waals surface area (Å²) in [6, 6.07) is 17.3. The zero-order chi connectivity index (χ0) is 28.4. The Hall–Kier alpha value is -3.89. The number of nitrogens with one attached hydrogen (secondary N) is 2. The lowest BCUT2D eigenvalue weighted by atomic mass is 10.1. The first-order valence-corrected chi connectivity index (χ1v) is 12.2. The molecule has 0 unspecified atom stereocenters. The Morgan fingerprint density at radius 2 is 1.69 bits per heavy atom. The summed E-state index contributed by atoms with van der Waals surface area (Å²) in [5.41, 5.74) is 2.23. The number of alkyl halides is 3. The molecule has 0 fully saturated rings. The van der Waals surface area contributed by atoms with Gasteiger partial charge in [0.25, 0.3) is 0 Å². The van der Waals surface area contributed by atoms with Gasteiger partial charge in [0, 0.05) is 46.7 Å². The van der Waals surface area contributed by atoms with Gasteiger partial charge in [-0.2, -0.15) is 0 Å². The lowest BCUT2D eigenvalue weighted by Crippen LogP contribution is -2.26. The highest BCUT2D eigenvalue weighted by atomic mass is 35.5. The molecule has 3 N–H and O–H groups in total. The molecule has 0 aliphatic heterocycles. The molecule has 0 aliphatic carbocycles. The van der Waals surface area contributed by atoms with Crippen LogP contribution in [0.2, 0.25) is 10.0 Å². The van der Waals surface area contributed by atoms with Crippen molar-refractivity contribution in [2.24, 2.45) is 4.99 Å². The van der Waals surface area contributed by atoms with E-state index in [1.165, 1.54) is 18.2 Å². The van der Waals surface area contributed by atoms with Crippen molar-refractivity contribution in [3.05, 3.63) is 94.1 Å². The second-order valence-electron chi connectivity index (χ2n) is 8.00. The molecule has 0 saturated heterocycles. The minimum absolute atomic E-state index is 0.0122. The molecule has 206 valence electrons. The van der Waals surface area contributed by atoms with Gasteiger partial charge in [-0.3, -0.25) is 9.79 Å². The van der Waals surface area contributed by atoms with Gasteiger partial charge in [-0.25, -0.2) is 0 Å².